The first kappa shape index (κ1) is 19.9. The van der Waals surface area contributed by atoms with Crippen molar-refractivity contribution in [3.63, 3.8) is 0 Å². The molecule has 0 spiro atoms. The van der Waals surface area contributed by atoms with Crippen molar-refractivity contribution in [2.24, 2.45) is 0 Å². The Hall–Kier alpha value is -2.86. The maximum Gasteiger partial charge on any atom is 0.237 e. The van der Waals surface area contributed by atoms with Crippen molar-refractivity contribution >= 4 is 29.1 Å². The van der Waals surface area contributed by atoms with Crippen LogP contribution in [0.5, 0.6) is 0 Å². The predicted octanol–water partition coefficient (Wildman–Crippen LogP) is 4.63. The van der Waals surface area contributed by atoms with E-state index >= 15 is 0 Å². The largest absolute Gasteiger partial charge is 0.337 e. The Kier molecular flexibility index (Phi) is 6.31. The van der Waals surface area contributed by atoms with Crippen molar-refractivity contribution in [3.8, 4) is 0 Å². The van der Waals surface area contributed by atoms with Gasteiger partial charge in [-0.25, -0.2) is 4.98 Å². The highest BCUT2D eigenvalue weighted by Crippen LogP contribution is 2.25. The molecule has 1 amide bonds. The zero-order chi connectivity index (χ0) is 20.1. The van der Waals surface area contributed by atoms with Crippen LogP contribution in [0, 0.1) is 6.92 Å². The fraction of sp³-hybridized carbons (Fsp3) is 0.227. The summed E-state index contributed by atoms with van der Waals surface area (Å²) in [6, 6.07) is 17.2. The highest BCUT2D eigenvalue weighted by atomic mass is 32.2. The smallest absolute Gasteiger partial charge is 0.237 e. The molecule has 0 aliphatic heterocycles. The average molecular weight is 394 g/mol. The number of aryl methyl sites for hydroxylation is 1. The molecule has 0 radical (unpaired) electrons. The van der Waals surface area contributed by atoms with E-state index in [-0.39, 0.29) is 16.9 Å². The van der Waals surface area contributed by atoms with Gasteiger partial charge in [0.05, 0.1) is 16.6 Å². The number of hydrogen-bond acceptors (Lipinski definition) is 4. The third-order valence-corrected chi connectivity index (χ3v) is 5.38. The molecule has 3 aromatic rings. The summed E-state index contributed by atoms with van der Waals surface area (Å²) in [4.78, 5) is 32.2. The van der Waals surface area contributed by atoms with Gasteiger partial charge in [0.15, 0.2) is 10.9 Å². The molecule has 6 heteroatoms. The third-order valence-electron chi connectivity index (χ3n) is 4.40. The molecule has 5 nitrogen and oxygen atoms in total. The van der Waals surface area contributed by atoms with Crippen LogP contribution in [0.1, 0.15) is 41.2 Å². The number of imidazole rings is 1. The van der Waals surface area contributed by atoms with Crippen LogP contribution in [0.15, 0.2) is 59.8 Å². The number of rotatable bonds is 7. The van der Waals surface area contributed by atoms with Gasteiger partial charge in [-0.05, 0) is 38.5 Å². The van der Waals surface area contributed by atoms with Crippen molar-refractivity contribution < 1.29 is 9.59 Å². The normalized spacial score (nSPS) is 11.8. The molecule has 0 saturated carbocycles. The van der Waals surface area contributed by atoms with E-state index in [0.29, 0.717) is 16.4 Å². The molecule has 1 aromatic heterocycles. The van der Waals surface area contributed by atoms with Crippen LogP contribution in [0.3, 0.4) is 0 Å². The number of nitrogens with one attached hydrogen (secondary N) is 2. The molecule has 2 N–H and O–H groups in total. The number of benzene rings is 2. The first-order valence-electron chi connectivity index (χ1n) is 9.11. The van der Waals surface area contributed by atoms with Gasteiger partial charge < -0.3 is 10.3 Å². The van der Waals surface area contributed by atoms with Crippen molar-refractivity contribution in [2.75, 3.05) is 5.32 Å². The van der Waals surface area contributed by atoms with E-state index in [1.165, 1.54) is 24.2 Å². The number of anilines is 1. The molecule has 2 aromatic carbocycles. The van der Waals surface area contributed by atoms with E-state index < -0.39 is 0 Å². The second kappa shape index (κ2) is 8.89. The van der Waals surface area contributed by atoms with Crippen LogP contribution in [0.25, 0.3) is 0 Å². The summed E-state index contributed by atoms with van der Waals surface area (Å²) < 4.78 is 0. The molecule has 28 heavy (non-hydrogen) atoms. The number of Topliss-reactive ketones (excluding diaryl/α,β-unsaturated/α-hetero) is 1. The number of aromatic nitrogens is 2. The summed E-state index contributed by atoms with van der Waals surface area (Å²) in [6.07, 6.45) is 0.746. The molecule has 0 aliphatic rings. The number of aromatic amines is 1. The van der Waals surface area contributed by atoms with Gasteiger partial charge in [0, 0.05) is 17.7 Å². The van der Waals surface area contributed by atoms with Gasteiger partial charge in [0.1, 0.15) is 0 Å². The topological polar surface area (TPSA) is 74.8 Å². The number of nitrogens with zero attached hydrogens (tertiary/aromatic N) is 1. The molecular formula is C22H23N3O2S. The van der Waals surface area contributed by atoms with Crippen LogP contribution in [0.4, 0.5) is 5.69 Å². The molecule has 1 unspecified atom stereocenters. The molecule has 0 saturated heterocycles. The number of H-pyrrole nitrogens is 1. The van der Waals surface area contributed by atoms with Gasteiger partial charge in [0.2, 0.25) is 5.91 Å². The Morgan fingerprint density at radius 1 is 1.11 bits per heavy atom. The minimum absolute atomic E-state index is 0.0802. The molecule has 0 bridgehead atoms. The number of carbonyl (C=O) groups is 2. The van der Waals surface area contributed by atoms with E-state index in [0.717, 1.165) is 17.8 Å². The molecule has 0 fully saturated rings. The Bertz CT molecular complexity index is 982. The lowest BCUT2D eigenvalue weighted by molar-refractivity contribution is -0.115. The lowest BCUT2D eigenvalue weighted by Gasteiger charge is -2.12. The quantitative estimate of drug-likeness (QED) is 0.453. The maximum atomic E-state index is 12.6. The minimum atomic E-state index is -0.366. The number of hydrogen-bond donors (Lipinski definition) is 2. The van der Waals surface area contributed by atoms with Gasteiger partial charge >= 0.3 is 0 Å². The SMILES string of the molecule is CC(=O)c1ccccc1NC(=O)C(C)Sc1nc(Cc2ccccc2)c(C)[nH]1. The summed E-state index contributed by atoms with van der Waals surface area (Å²) in [7, 11) is 0. The number of amides is 1. The first-order chi connectivity index (χ1) is 13.4. The lowest BCUT2D eigenvalue weighted by Crippen LogP contribution is -2.23. The van der Waals surface area contributed by atoms with Gasteiger partial charge in [-0.1, -0.05) is 54.2 Å². The second-order valence-electron chi connectivity index (χ2n) is 6.63. The first-order valence-corrected chi connectivity index (χ1v) is 9.99. The fourth-order valence-corrected chi connectivity index (χ4v) is 3.71. The van der Waals surface area contributed by atoms with Crippen molar-refractivity contribution in [3.05, 3.63) is 77.1 Å². The highest BCUT2D eigenvalue weighted by Gasteiger charge is 2.19. The average Bonchev–Trinajstić information content (AvgIpc) is 3.01. The summed E-state index contributed by atoms with van der Waals surface area (Å²) in [5, 5.41) is 3.20. The number of ketones is 1. The monoisotopic (exact) mass is 393 g/mol. The minimum Gasteiger partial charge on any atom is -0.337 e. The zero-order valence-electron chi connectivity index (χ0n) is 16.2. The third kappa shape index (κ3) is 4.89. The summed E-state index contributed by atoms with van der Waals surface area (Å²) >= 11 is 1.37. The van der Waals surface area contributed by atoms with E-state index in [4.69, 9.17) is 0 Å². The van der Waals surface area contributed by atoms with Crippen LogP contribution in [-0.2, 0) is 11.2 Å². The predicted molar refractivity (Wildman–Crippen MR) is 113 cm³/mol. The van der Waals surface area contributed by atoms with E-state index in [1.807, 2.05) is 32.0 Å². The number of para-hydroxylation sites is 1. The summed E-state index contributed by atoms with van der Waals surface area (Å²) in [5.74, 6) is -0.249. The Morgan fingerprint density at radius 2 is 1.79 bits per heavy atom. The Balaban J connectivity index is 1.66. The molecule has 144 valence electrons. The van der Waals surface area contributed by atoms with Gasteiger partial charge in [-0.15, -0.1) is 0 Å². The van der Waals surface area contributed by atoms with Gasteiger partial charge in [-0.3, -0.25) is 9.59 Å². The number of thioether (sulfide) groups is 1. The molecular weight excluding hydrogens is 370 g/mol. The van der Waals surface area contributed by atoms with Crippen LogP contribution in [0.2, 0.25) is 0 Å². The lowest BCUT2D eigenvalue weighted by atomic mass is 10.1. The van der Waals surface area contributed by atoms with E-state index in [1.54, 1.807) is 24.3 Å². The van der Waals surface area contributed by atoms with Gasteiger partial charge in [0.25, 0.3) is 0 Å². The van der Waals surface area contributed by atoms with E-state index in [2.05, 4.69) is 27.4 Å². The van der Waals surface area contributed by atoms with Crippen molar-refractivity contribution in [2.45, 2.75) is 37.6 Å². The van der Waals surface area contributed by atoms with Gasteiger partial charge in [-0.2, -0.15) is 0 Å². The highest BCUT2D eigenvalue weighted by molar-refractivity contribution is 8.00. The van der Waals surface area contributed by atoms with Crippen molar-refractivity contribution in [1.29, 1.82) is 0 Å². The number of carbonyl (C=O) groups excluding carboxylic acids is 2. The Morgan fingerprint density at radius 3 is 2.50 bits per heavy atom. The van der Waals surface area contributed by atoms with Crippen molar-refractivity contribution in [1.82, 2.24) is 9.97 Å². The second-order valence-corrected chi connectivity index (χ2v) is 7.96. The maximum absolute atomic E-state index is 12.6. The Labute approximate surface area is 169 Å². The fourth-order valence-electron chi connectivity index (χ4n) is 2.84. The summed E-state index contributed by atoms with van der Waals surface area (Å²) in [5.41, 5.74) is 4.21. The van der Waals surface area contributed by atoms with Crippen LogP contribution >= 0.6 is 11.8 Å². The molecule has 0 aliphatic carbocycles. The van der Waals surface area contributed by atoms with Crippen LogP contribution in [-0.4, -0.2) is 26.9 Å². The summed E-state index contributed by atoms with van der Waals surface area (Å²) in [6.45, 7) is 5.30. The van der Waals surface area contributed by atoms with E-state index in [9.17, 15) is 9.59 Å². The van der Waals surface area contributed by atoms with Crippen LogP contribution < -0.4 is 5.32 Å². The zero-order valence-corrected chi connectivity index (χ0v) is 17.0. The molecule has 1 atom stereocenters. The molecule has 1 heterocycles. The molecule has 3 rings (SSSR count). The standard InChI is InChI=1S/C22H23N3O2S/c1-14-20(13-17-9-5-4-6-10-17)25-22(23-14)28-16(3)21(27)24-19-12-8-7-11-18(19)15(2)26/h4-12,16H,13H2,1-3H3,(H,23,25)(H,24,27).